The van der Waals surface area contributed by atoms with Gasteiger partial charge in [-0.1, -0.05) is 19.9 Å². The van der Waals surface area contributed by atoms with Crippen LogP contribution in [-0.4, -0.2) is 17.4 Å². The van der Waals surface area contributed by atoms with E-state index in [1.807, 2.05) is 4.90 Å². The number of rotatable bonds is 4. The van der Waals surface area contributed by atoms with Crippen LogP contribution in [0.1, 0.15) is 31.4 Å². The normalized spacial score (nSPS) is 19.5. The van der Waals surface area contributed by atoms with Crippen LogP contribution in [0.2, 0.25) is 0 Å². The highest BCUT2D eigenvalue weighted by molar-refractivity contribution is 5.78. The molecule has 1 fully saturated rings. The highest BCUT2D eigenvalue weighted by atomic mass is 19.1. The van der Waals surface area contributed by atoms with E-state index in [1.54, 1.807) is 12.1 Å². The summed E-state index contributed by atoms with van der Waals surface area (Å²) in [5.41, 5.74) is 6.94. The minimum Gasteiger partial charge on any atom is -0.338 e. The van der Waals surface area contributed by atoms with Crippen LogP contribution in [0.4, 0.5) is 4.39 Å². The van der Waals surface area contributed by atoms with Crippen molar-refractivity contribution in [2.45, 2.75) is 33.4 Å². The smallest absolute Gasteiger partial charge is 0.223 e. The summed E-state index contributed by atoms with van der Waals surface area (Å²) in [5, 5.41) is 0. The molecule has 0 spiro atoms. The lowest BCUT2D eigenvalue weighted by Gasteiger charge is -2.18. The fourth-order valence-electron chi connectivity index (χ4n) is 2.51. The second-order valence-corrected chi connectivity index (χ2v) is 5.61. The molecule has 104 valence electrons. The van der Waals surface area contributed by atoms with Crippen molar-refractivity contribution in [2.75, 3.05) is 6.54 Å². The predicted octanol–water partition coefficient (Wildman–Crippen LogP) is 2.29. The van der Waals surface area contributed by atoms with Crippen molar-refractivity contribution in [3.8, 4) is 0 Å². The average molecular weight is 264 g/mol. The van der Waals surface area contributed by atoms with E-state index < -0.39 is 0 Å². The van der Waals surface area contributed by atoms with Crippen molar-refractivity contribution < 1.29 is 9.18 Å². The summed E-state index contributed by atoms with van der Waals surface area (Å²) in [5.74, 6) is 0.861. The van der Waals surface area contributed by atoms with Crippen LogP contribution in [0.5, 0.6) is 0 Å². The van der Waals surface area contributed by atoms with Crippen LogP contribution in [-0.2, 0) is 17.9 Å². The van der Waals surface area contributed by atoms with Gasteiger partial charge in [0, 0.05) is 31.6 Å². The molecule has 1 aliphatic heterocycles. The molecule has 1 aromatic rings. The third kappa shape index (κ3) is 3.13. The standard InChI is InChI=1S/C15H21FN2O/c1-10(2)13-6-15(19)18(9-13)8-11-3-4-14(16)12(5-11)7-17/h3-5,10,13H,6-9,17H2,1-2H3. The Labute approximate surface area is 113 Å². The van der Waals surface area contributed by atoms with Crippen molar-refractivity contribution in [3.05, 3.63) is 35.1 Å². The molecule has 1 atom stereocenters. The number of likely N-dealkylation sites (tertiary alicyclic amines) is 1. The zero-order valence-corrected chi connectivity index (χ0v) is 11.5. The first kappa shape index (κ1) is 14.0. The molecule has 1 unspecified atom stereocenters. The van der Waals surface area contributed by atoms with E-state index in [0.717, 1.165) is 12.1 Å². The number of nitrogens with zero attached hydrogens (tertiary/aromatic N) is 1. The van der Waals surface area contributed by atoms with Gasteiger partial charge >= 0.3 is 0 Å². The lowest BCUT2D eigenvalue weighted by molar-refractivity contribution is -0.128. The second kappa shape index (κ2) is 5.70. The van der Waals surface area contributed by atoms with Crippen molar-refractivity contribution >= 4 is 5.91 Å². The summed E-state index contributed by atoms with van der Waals surface area (Å²) < 4.78 is 13.4. The molecule has 1 aliphatic rings. The Morgan fingerprint density at radius 1 is 1.47 bits per heavy atom. The summed E-state index contributed by atoms with van der Waals surface area (Å²) in [6.07, 6.45) is 0.628. The van der Waals surface area contributed by atoms with Crippen LogP contribution < -0.4 is 5.73 Å². The molecular weight excluding hydrogens is 243 g/mol. The van der Waals surface area contributed by atoms with Crippen LogP contribution in [0.15, 0.2) is 18.2 Å². The Kier molecular flexibility index (Phi) is 4.20. The van der Waals surface area contributed by atoms with E-state index in [4.69, 9.17) is 5.73 Å². The number of amides is 1. The summed E-state index contributed by atoms with van der Waals surface area (Å²) in [6, 6.07) is 4.91. The maximum Gasteiger partial charge on any atom is 0.223 e. The minimum atomic E-state index is -0.279. The van der Waals surface area contributed by atoms with Crippen molar-refractivity contribution in [1.29, 1.82) is 0 Å². The molecule has 19 heavy (non-hydrogen) atoms. The maximum atomic E-state index is 13.4. The van der Waals surface area contributed by atoms with Gasteiger partial charge < -0.3 is 10.6 Å². The maximum absolute atomic E-state index is 13.4. The molecule has 3 nitrogen and oxygen atoms in total. The Morgan fingerprint density at radius 3 is 2.79 bits per heavy atom. The Balaban J connectivity index is 2.07. The largest absolute Gasteiger partial charge is 0.338 e. The zero-order chi connectivity index (χ0) is 14.0. The molecule has 2 rings (SSSR count). The van der Waals surface area contributed by atoms with Gasteiger partial charge in [0.15, 0.2) is 0 Å². The van der Waals surface area contributed by atoms with E-state index >= 15 is 0 Å². The van der Waals surface area contributed by atoms with E-state index in [0.29, 0.717) is 30.4 Å². The third-order valence-electron chi connectivity index (χ3n) is 3.89. The van der Waals surface area contributed by atoms with Crippen LogP contribution >= 0.6 is 0 Å². The molecular formula is C15H21FN2O. The Bertz CT molecular complexity index is 473. The number of benzene rings is 1. The number of hydrogen-bond donors (Lipinski definition) is 1. The summed E-state index contributed by atoms with van der Waals surface area (Å²) in [7, 11) is 0. The molecule has 0 saturated carbocycles. The van der Waals surface area contributed by atoms with Gasteiger partial charge in [0.1, 0.15) is 5.82 Å². The first-order valence-electron chi connectivity index (χ1n) is 6.76. The van der Waals surface area contributed by atoms with E-state index in [2.05, 4.69) is 13.8 Å². The molecule has 1 heterocycles. The van der Waals surface area contributed by atoms with Crippen LogP contribution in [0, 0.1) is 17.7 Å². The van der Waals surface area contributed by atoms with Gasteiger partial charge in [0.05, 0.1) is 0 Å². The SMILES string of the molecule is CC(C)C1CC(=O)N(Cc2ccc(F)c(CN)c2)C1. The van der Waals surface area contributed by atoms with E-state index in [-0.39, 0.29) is 18.3 Å². The van der Waals surface area contributed by atoms with Gasteiger partial charge in [-0.2, -0.15) is 0 Å². The van der Waals surface area contributed by atoms with Gasteiger partial charge in [-0.05, 0) is 29.5 Å². The summed E-state index contributed by atoms with van der Waals surface area (Å²) in [4.78, 5) is 13.8. The number of carbonyl (C=O) groups is 1. The van der Waals surface area contributed by atoms with Crippen LogP contribution in [0.3, 0.4) is 0 Å². The molecule has 4 heteroatoms. The zero-order valence-electron chi connectivity index (χ0n) is 11.5. The number of nitrogens with two attached hydrogens (primary N) is 1. The first-order valence-corrected chi connectivity index (χ1v) is 6.76. The quantitative estimate of drug-likeness (QED) is 0.907. The fraction of sp³-hybridized carbons (Fsp3) is 0.533. The van der Waals surface area contributed by atoms with Gasteiger partial charge in [-0.15, -0.1) is 0 Å². The lowest BCUT2D eigenvalue weighted by Crippen LogP contribution is -2.25. The summed E-state index contributed by atoms with van der Waals surface area (Å²) in [6.45, 7) is 5.82. The van der Waals surface area contributed by atoms with Gasteiger partial charge in [-0.25, -0.2) is 4.39 Å². The Hall–Kier alpha value is -1.42. The Morgan fingerprint density at radius 2 is 2.21 bits per heavy atom. The second-order valence-electron chi connectivity index (χ2n) is 5.61. The molecule has 0 bridgehead atoms. The molecule has 1 aromatic carbocycles. The highest BCUT2D eigenvalue weighted by Gasteiger charge is 2.31. The summed E-state index contributed by atoms with van der Waals surface area (Å²) >= 11 is 0. The molecule has 0 radical (unpaired) electrons. The molecule has 2 N–H and O–H groups in total. The first-order chi connectivity index (χ1) is 9.01. The minimum absolute atomic E-state index is 0.183. The molecule has 0 aromatic heterocycles. The lowest BCUT2D eigenvalue weighted by atomic mass is 9.95. The fourth-order valence-corrected chi connectivity index (χ4v) is 2.51. The van der Waals surface area contributed by atoms with E-state index in [9.17, 15) is 9.18 Å². The van der Waals surface area contributed by atoms with Crippen LogP contribution in [0.25, 0.3) is 0 Å². The molecule has 1 amide bonds. The topological polar surface area (TPSA) is 46.3 Å². The van der Waals surface area contributed by atoms with Gasteiger partial charge in [0.2, 0.25) is 5.91 Å². The highest BCUT2D eigenvalue weighted by Crippen LogP contribution is 2.26. The van der Waals surface area contributed by atoms with Gasteiger partial charge in [0.25, 0.3) is 0 Å². The third-order valence-corrected chi connectivity index (χ3v) is 3.89. The predicted molar refractivity (Wildman–Crippen MR) is 72.7 cm³/mol. The van der Waals surface area contributed by atoms with E-state index in [1.165, 1.54) is 6.07 Å². The van der Waals surface area contributed by atoms with Gasteiger partial charge in [-0.3, -0.25) is 4.79 Å². The average Bonchev–Trinajstić information content (AvgIpc) is 2.73. The number of halogens is 1. The van der Waals surface area contributed by atoms with Crippen molar-refractivity contribution in [3.63, 3.8) is 0 Å². The number of carbonyl (C=O) groups excluding carboxylic acids is 1. The number of hydrogen-bond acceptors (Lipinski definition) is 2. The van der Waals surface area contributed by atoms with Crippen molar-refractivity contribution in [1.82, 2.24) is 4.90 Å². The van der Waals surface area contributed by atoms with Crippen molar-refractivity contribution in [2.24, 2.45) is 17.6 Å². The monoisotopic (exact) mass is 264 g/mol. The molecule has 1 saturated heterocycles. The molecule has 0 aliphatic carbocycles.